The van der Waals surface area contributed by atoms with Crippen LogP contribution in [0.4, 0.5) is 28.8 Å². The first-order valence-corrected chi connectivity index (χ1v) is 9.92. The van der Waals surface area contributed by atoms with E-state index in [1.165, 1.54) is 18.7 Å². The largest absolute Gasteiger partial charge is 0.461 e. The first-order valence-electron chi connectivity index (χ1n) is 9.92. The highest BCUT2D eigenvalue weighted by Gasteiger charge is 2.15. The van der Waals surface area contributed by atoms with Gasteiger partial charge in [0.2, 0.25) is 5.76 Å². The van der Waals surface area contributed by atoms with Gasteiger partial charge in [0.25, 0.3) is 5.91 Å². The van der Waals surface area contributed by atoms with Crippen LogP contribution in [0.3, 0.4) is 0 Å². The van der Waals surface area contributed by atoms with Crippen LogP contribution in [-0.4, -0.2) is 26.0 Å². The summed E-state index contributed by atoms with van der Waals surface area (Å²) >= 11 is 0. The number of rotatable bonds is 7. The molecule has 0 fully saturated rings. The molecule has 1 aromatic carbocycles. The van der Waals surface area contributed by atoms with Crippen LogP contribution in [0, 0.1) is 0 Å². The molecule has 4 heterocycles. The molecule has 5 aromatic rings. The summed E-state index contributed by atoms with van der Waals surface area (Å²) < 4.78 is 10.4. The van der Waals surface area contributed by atoms with Crippen LogP contribution in [0.1, 0.15) is 10.5 Å². The van der Waals surface area contributed by atoms with E-state index >= 15 is 0 Å². The van der Waals surface area contributed by atoms with Gasteiger partial charge in [-0.1, -0.05) is 11.2 Å². The van der Waals surface area contributed by atoms with Crippen LogP contribution < -0.4 is 16.0 Å². The number of hydrogen-bond acceptors (Lipinski definition) is 9. The van der Waals surface area contributed by atoms with Gasteiger partial charge in [-0.3, -0.25) is 4.79 Å². The van der Waals surface area contributed by atoms with E-state index < -0.39 is 5.91 Å². The second-order valence-corrected chi connectivity index (χ2v) is 6.84. The van der Waals surface area contributed by atoms with Crippen LogP contribution in [0.15, 0.2) is 94.5 Å². The molecule has 1 amide bonds. The summed E-state index contributed by atoms with van der Waals surface area (Å²) in [6.07, 6.45) is 4.67. The number of nitrogens with zero attached hydrogens (tertiary/aromatic N) is 4. The molecule has 10 heteroatoms. The van der Waals surface area contributed by atoms with Crippen molar-refractivity contribution in [3.63, 3.8) is 0 Å². The van der Waals surface area contributed by atoms with E-state index in [0.717, 1.165) is 5.69 Å². The highest BCUT2D eigenvalue weighted by Crippen LogP contribution is 2.22. The minimum Gasteiger partial charge on any atom is -0.461 e. The fourth-order valence-corrected chi connectivity index (χ4v) is 2.96. The first-order chi connectivity index (χ1) is 16.2. The van der Waals surface area contributed by atoms with Crippen molar-refractivity contribution >= 4 is 34.7 Å². The summed E-state index contributed by atoms with van der Waals surface area (Å²) in [5, 5.41) is 12.9. The van der Waals surface area contributed by atoms with E-state index in [-0.39, 0.29) is 5.69 Å². The maximum atomic E-state index is 12.5. The predicted molar refractivity (Wildman–Crippen MR) is 121 cm³/mol. The zero-order valence-electron chi connectivity index (χ0n) is 17.1. The van der Waals surface area contributed by atoms with E-state index in [2.05, 4.69) is 36.1 Å². The van der Waals surface area contributed by atoms with Gasteiger partial charge in [-0.15, -0.1) is 0 Å². The molecule has 10 nitrogen and oxygen atoms in total. The zero-order valence-corrected chi connectivity index (χ0v) is 17.1. The van der Waals surface area contributed by atoms with Crippen molar-refractivity contribution in [2.24, 2.45) is 0 Å². The lowest BCUT2D eigenvalue weighted by Crippen LogP contribution is -2.12. The average Bonchev–Trinajstić information content (AvgIpc) is 3.54. The molecular formula is C23H17N7O3. The van der Waals surface area contributed by atoms with E-state index in [1.54, 1.807) is 36.5 Å². The Kier molecular flexibility index (Phi) is 5.45. The minimum absolute atomic E-state index is 0.150. The van der Waals surface area contributed by atoms with Crippen molar-refractivity contribution < 1.29 is 13.7 Å². The summed E-state index contributed by atoms with van der Waals surface area (Å²) in [6.45, 7) is 0. The molecule has 162 valence electrons. The normalized spacial score (nSPS) is 10.5. The predicted octanol–water partition coefficient (Wildman–Crippen LogP) is 4.86. The van der Waals surface area contributed by atoms with Crippen LogP contribution in [0.2, 0.25) is 0 Å². The highest BCUT2D eigenvalue weighted by molar-refractivity contribution is 6.03. The highest BCUT2D eigenvalue weighted by atomic mass is 16.5. The van der Waals surface area contributed by atoms with Crippen LogP contribution in [0.5, 0.6) is 0 Å². The van der Waals surface area contributed by atoms with E-state index in [0.29, 0.717) is 34.7 Å². The third-order valence-corrected chi connectivity index (χ3v) is 4.51. The van der Waals surface area contributed by atoms with E-state index in [4.69, 9.17) is 8.94 Å². The molecule has 4 aromatic heterocycles. The Balaban J connectivity index is 1.21. The zero-order chi connectivity index (χ0) is 22.5. The van der Waals surface area contributed by atoms with Crippen molar-refractivity contribution in [1.82, 2.24) is 20.1 Å². The molecule has 0 saturated carbocycles. The molecule has 0 aliphatic rings. The number of carbonyl (C=O) groups is 1. The minimum atomic E-state index is -0.390. The smallest absolute Gasteiger partial charge is 0.277 e. The second-order valence-electron chi connectivity index (χ2n) is 6.84. The van der Waals surface area contributed by atoms with Gasteiger partial charge in [-0.2, -0.15) is 0 Å². The number of benzene rings is 1. The average molecular weight is 439 g/mol. The Bertz CT molecular complexity index is 1350. The Morgan fingerprint density at radius 3 is 2.33 bits per heavy atom. The number of furan rings is 1. The van der Waals surface area contributed by atoms with Crippen molar-refractivity contribution in [1.29, 1.82) is 0 Å². The lowest BCUT2D eigenvalue weighted by Gasteiger charge is -2.09. The van der Waals surface area contributed by atoms with Gasteiger partial charge in [-0.05, 0) is 48.5 Å². The number of carbonyl (C=O) groups excluding carboxylic acids is 1. The topological polar surface area (TPSA) is 131 Å². The third kappa shape index (κ3) is 4.85. The number of aromatic nitrogens is 4. The van der Waals surface area contributed by atoms with Crippen molar-refractivity contribution in [3.05, 3.63) is 91.2 Å². The SMILES string of the molecule is O=C(Nc1ccc(Nc2cc(Nc3ccccn3)ncn2)cc1)c1cc(-c2ccco2)on1. The van der Waals surface area contributed by atoms with Crippen molar-refractivity contribution in [2.45, 2.75) is 0 Å². The van der Waals surface area contributed by atoms with Gasteiger partial charge in [0.15, 0.2) is 11.5 Å². The standard InChI is InChI=1S/C23H17N7O3/c31-23(17-12-19(33-30-17)18-4-3-11-32-18)28-16-8-6-15(7-9-16)27-21-13-22(26-14-25-21)29-20-5-1-2-10-24-20/h1-14H,(H,28,31)(H2,24,25,26,27,29). The summed E-state index contributed by atoms with van der Waals surface area (Å²) in [5.74, 6) is 2.39. The van der Waals surface area contributed by atoms with Gasteiger partial charge in [-0.25, -0.2) is 15.0 Å². The molecule has 0 unspecified atom stereocenters. The van der Waals surface area contributed by atoms with Gasteiger partial charge < -0.3 is 24.9 Å². The summed E-state index contributed by atoms with van der Waals surface area (Å²) in [6, 6.07) is 19.5. The molecule has 0 saturated heterocycles. The Hall–Kier alpha value is -4.99. The molecule has 5 rings (SSSR count). The first kappa shape index (κ1) is 19.9. The fourth-order valence-electron chi connectivity index (χ4n) is 2.96. The molecule has 0 radical (unpaired) electrons. The van der Waals surface area contributed by atoms with Crippen LogP contribution in [0.25, 0.3) is 11.5 Å². The third-order valence-electron chi connectivity index (χ3n) is 4.51. The molecule has 0 atom stereocenters. The lowest BCUT2D eigenvalue weighted by atomic mass is 10.2. The molecule has 0 aliphatic heterocycles. The fraction of sp³-hybridized carbons (Fsp3) is 0. The van der Waals surface area contributed by atoms with Crippen LogP contribution in [-0.2, 0) is 0 Å². The van der Waals surface area contributed by atoms with Crippen molar-refractivity contribution in [3.8, 4) is 11.5 Å². The summed E-state index contributed by atoms with van der Waals surface area (Å²) in [5.41, 5.74) is 1.54. The molecule has 0 spiro atoms. The molecule has 0 bridgehead atoms. The maximum Gasteiger partial charge on any atom is 0.277 e. The van der Waals surface area contributed by atoms with E-state index in [9.17, 15) is 4.79 Å². The number of anilines is 5. The Labute approximate surface area is 187 Å². The maximum absolute atomic E-state index is 12.5. The van der Waals surface area contributed by atoms with Crippen LogP contribution >= 0.6 is 0 Å². The summed E-state index contributed by atoms with van der Waals surface area (Å²) in [7, 11) is 0. The summed E-state index contributed by atoms with van der Waals surface area (Å²) in [4.78, 5) is 25.1. The van der Waals surface area contributed by atoms with Gasteiger partial charge in [0.1, 0.15) is 23.8 Å². The molecular weight excluding hydrogens is 422 g/mol. The van der Waals surface area contributed by atoms with Gasteiger partial charge in [0.05, 0.1) is 6.26 Å². The lowest BCUT2D eigenvalue weighted by molar-refractivity contribution is 0.101. The van der Waals surface area contributed by atoms with E-state index in [1.807, 2.05) is 30.3 Å². The van der Waals surface area contributed by atoms with Gasteiger partial charge in [0, 0.05) is 29.7 Å². The van der Waals surface area contributed by atoms with Crippen molar-refractivity contribution in [2.75, 3.05) is 16.0 Å². The second kappa shape index (κ2) is 9.02. The molecule has 33 heavy (non-hydrogen) atoms. The molecule has 3 N–H and O–H groups in total. The Morgan fingerprint density at radius 1 is 0.758 bits per heavy atom. The quantitative estimate of drug-likeness (QED) is 0.325. The number of nitrogens with one attached hydrogen (secondary N) is 3. The monoisotopic (exact) mass is 439 g/mol. The molecule has 0 aliphatic carbocycles. The number of pyridine rings is 1. The number of amides is 1. The number of hydrogen-bond donors (Lipinski definition) is 3. The Morgan fingerprint density at radius 2 is 1.58 bits per heavy atom. The van der Waals surface area contributed by atoms with Gasteiger partial charge >= 0.3 is 0 Å².